The third kappa shape index (κ3) is 4.79. The minimum absolute atomic E-state index is 0.352. The van der Waals surface area contributed by atoms with E-state index >= 15 is 0 Å². The zero-order valence-electron chi connectivity index (χ0n) is 11.6. The number of ether oxygens (including phenoxy) is 1. The molecular formula is C16H24ClNO. The van der Waals surface area contributed by atoms with Crippen LogP contribution in [0.15, 0.2) is 30.3 Å². The van der Waals surface area contributed by atoms with Gasteiger partial charge in [0.1, 0.15) is 0 Å². The number of nitrogens with one attached hydrogen (secondary N) is 1. The van der Waals surface area contributed by atoms with E-state index in [2.05, 4.69) is 35.6 Å². The molecule has 2 nitrogen and oxygen atoms in total. The van der Waals surface area contributed by atoms with E-state index in [1.807, 2.05) is 7.11 Å². The maximum Gasteiger partial charge on any atom is 0.0586 e. The molecule has 106 valence electrons. The van der Waals surface area contributed by atoms with E-state index in [9.17, 15) is 0 Å². The Morgan fingerprint density at radius 3 is 2.79 bits per heavy atom. The van der Waals surface area contributed by atoms with Gasteiger partial charge in [-0.2, -0.15) is 0 Å². The maximum absolute atomic E-state index is 6.11. The van der Waals surface area contributed by atoms with Crippen LogP contribution in [0.2, 0.25) is 0 Å². The van der Waals surface area contributed by atoms with Crippen molar-refractivity contribution in [3.8, 4) is 0 Å². The van der Waals surface area contributed by atoms with Gasteiger partial charge in [0.25, 0.3) is 0 Å². The number of hydrogen-bond acceptors (Lipinski definition) is 2. The molecular weight excluding hydrogens is 258 g/mol. The zero-order chi connectivity index (χ0) is 13.5. The van der Waals surface area contributed by atoms with E-state index in [0.29, 0.717) is 24.1 Å². The van der Waals surface area contributed by atoms with Crippen LogP contribution in [-0.4, -0.2) is 31.2 Å². The summed E-state index contributed by atoms with van der Waals surface area (Å²) in [5.74, 6) is 0.656. The molecule has 0 amide bonds. The van der Waals surface area contributed by atoms with Crippen LogP contribution >= 0.6 is 11.6 Å². The first kappa shape index (κ1) is 14.8. The Bertz CT molecular complexity index is 357. The summed E-state index contributed by atoms with van der Waals surface area (Å²) in [6, 6.07) is 11.5. The number of methoxy groups -OCH3 is 1. The minimum Gasteiger partial charge on any atom is -0.381 e. The van der Waals surface area contributed by atoms with Crippen molar-refractivity contribution in [1.29, 1.82) is 0 Å². The minimum atomic E-state index is 0.352. The summed E-state index contributed by atoms with van der Waals surface area (Å²) in [6.45, 7) is 0. The molecule has 0 aliphatic heterocycles. The van der Waals surface area contributed by atoms with Crippen molar-refractivity contribution in [2.24, 2.45) is 0 Å². The summed E-state index contributed by atoms with van der Waals surface area (Å²) in [4.78, 5) is 0. The van der Waals surface area contributed by atoms with Gasteiger partial charge in [0.15, 0.2) is 0 Å². The fraction of sp³-hybridized carbons (Fsp3) is 0.625. The number of rotatable bonds is 6. The van der Waals surface area contributed by atoms with Crippen molar-refractivity contribution in [2.75, 3.05) is 13.0 Å². The van der Waals surface area contributed by atoms with Crippen LogP contribution in [0.1, 0.15) is 31.2 Å². The van der Waals surface area contributed by atoms with Crippen LogP contribution in [-0.2, 0) is 11.2 Å². The molecule has 1 N–H and O–H groups in total. The number of benzene rings is 1. The third-order valence-corrected chi connectivity index (χ3v) is 4.31. The fourth-order valence-electron chi connectivity index (χ4n) is 2.90. The topological polar surface area (TPSA) is 21.3 Å². The third-order valence-electron chi connectivity index (χ3n) is 3.94. The fourth-order valence-corrected chi connectivity index (χ4v) is 3.10. The molecule has 1 fully saturated rings. The Kier molecular flexibility index (Phi) is 6.15. The zero-order valence-corrected chi connectivity index (χ0v) is 12.4. The lowest BCUT2D eigenvalue weighted by Crippen LogP contribution is -2.44. The molecule has 19 heavy (non-hydrogen) atoms. The van der Waals surface area contributed by atoms with Gasteiger partial charge in [-0.05, 0) is 37.7 Å². The Morgan fingerprint density at radius 2 is 2.11 bits per heavy atom. The molecule has 0 aromatic heterocycles. The van der Waals surface area contributed by atoms with Crippen molar-refractivity contribution in [1.82, 2.24) is 5.32 Å². The van der Waals surface area contributed by atoms with Gasteiger partial charge >= 0.3 is 0 Å². The van der Waals surface area contributed by atoms with Crippen LogP contribution in [0.4, 0.5) is 0 Å². The summed E-state index contributed by atoms with van der Waals surface area (Å²) >= 11 is 6.11. The van der Waals surface area contributed by atoms with Crippen molar-refractivity contribution < 1.29 is 4.74 Å². The Hall–Kier alpha value is -0.570. The predicted octanol–water partition coefficient (Wildman–Crippen LogP) is 3.38. The Morgan fingerprint density at radius 1 is 1.32 bits per heavy atom. The lowest BCUT2D eigenvalue weighted by atomic mass is 9.92. The van der Waals surface area contributed by atoms with E-state index < -0.39 is 0 Å². The van der Waals surface area contributed by atoms with Crippen LogP contribution in [0, 0.1) is 0 Å². The van der Waals surface area contributed by atoms with Gasteiger partial charge in [0.05, 0.1) is 6.10 Å². The molecule has 1 saturated carbocycles. The first-order valence-electron chi connectivity index (χ1n) is 7.20. The second-order valence-electron chi connectivity index (χ2n) is 5.43. The van der Waals surface area contributed by atoms with Gasteiger partial charge in [-0.1, -0.05) is 30.3 Å². The highest BCUT2D eigenvalue weighted by Crippen LogP contribution is 2.21. The monoisotopic (exact) mass is 281 g/mol. The number of hydrogen-bond donors (Lipinski definition) is 1. The SMILES string of the molecule is COC1CCCC(NC(CCl)Cc2ccccc2)C1. The first-order chi connectivity index (χ1) is 9.31. The highest BCUT2D eigenvalue weighted by molar-refractivity contribution is 6.18. The van der Waals surface area contributed by atoms with Crippen LogP contribution in [0.25, 0.3) is 0 Å². The smallest absolute Gasteiger partial charge is 0.0586 e. The molecule has 2 rings (SSSR count). The van der Waals surface area contributed by atoms with E-state index in [1.54, 1.807) is 0 Å². The van der Waals surface area contributed by atoms with Gasteiger partial charge in [-0.25, -0.2) is 0 Å². The highest BCUT2D eigenvalue weighted by atomic mass is 35.5. The van der Waals surface area contributed by atoms with Gasteiger partial charge in [0, 0.05) is 25.1 Å². The Labute approximate surface area is 121 Å². The molecule has 1 aromatic rings. The average molecular weight is 282 g/mol. The quantitative estimate of drug-likeness (QED) is 0.807. The van der Waals surface area contributed by atoms with E-state index in [4.69, 9.17) is 16.3 Å². The second-order valence-corrected chi connectivity index (χ2v) is 5.74. The average Bonchev–Trinajstić information content (AvgIpc) is 2.48. The largest absolute Gasteiger partial charge is 0.381 e. The molecule has 0 radical (unpaired) electrons. The van der Waals surface area contributed by atoms with Crippen molar-refractivity contribution in [3.63, 3.8) is 0 Å². The van der Waals surface area contributed by atoms with Crippen molar-refractivity contribution in [2.45, 2.75) is 50.3 Å². The molecule has 0 heterocycles. The Balaban J connectivity index is 1.85. The molecule has 0 saturated heterocycles. The summed E-state index contributed by atoms with van der Waals surface area (Å²) in [5.41, 5.74) is 1.35. The highest BCUT2D eigenvalue weighted by Gasteiger charge is 2.23. The molecule has 3 heteroatoms. The lowest BCUT2D eigenvalue weighted by Gasteiger charge is -2.31. The molecule has 0 spiro atoms. The molecule has 3 unspecified atom stereocenters. The molecule has 3 atom stereocenters. The standard InChI is InChI=1S/C16H24ClNO/c1-19-16-9-5-8-14(11-16)18-15(12-17)10-13-6-3-2-4-7-13/h2-4,6-7,14-16,18H,5,8-12H2,1H3. The van der Waals surface area contributed by atoms with Crippen molar-refractivity contribution in [3.05, 3.63) is 35.9 Å². The summed E-state index contributed by atoms with van der Waals surface area (Å²) < 4.78 is 5.48. The number of halogens is 1. The van der Waals surface area contributed by atoms with E-state index in [-0.39, 0.29) is 0 Å². The van der Waals surface area contributed by atoms with E-state index in [0.717, 1.165) is 12.8 Å². The summed E-state index contributed by atoms with van der Waals surface area (Å²) in [5, 5.41) is 3.71. The molecule has 1 aliphatic carbocycles. The normalized spacial score (nSPS) is 25.2. The van der Waals surface area contributed by atoms with Crippen LogP contribution in [0.3, 0.4) is 0 Å². The second kappa shape index (κ2) is 7.88. The van der Waals surface area contributed by atoms with Gasteiger partial charge in [0.2, 0.25) is 0 Å². The first-order valence-corrected chi connectivity index (χ1v) is 7.74. The van der Waals surface area contributed by atoms with Gasteiger partial charge < -0.3 is 10.1 Å². The molecule has 1 aliphatic rings. The van der Waals surface area contributed by atoms with Crippen LogP contribution in [0.5, 0.6) is 0 Å². The molecule has 0 bridgehead atoms. The van der Waals surface area contributed by atoms with Gasteiger partial charge in [-0.3, -0.25) is 0 Å². The van der Waals surface area contributed by atoms with Crippen LogP contribution < -0.4 is 5.32 Å². The van der Waals surface area contributed by atoms with E-state index in [1.165, 1.54) is 24.8 Å². The van der Waals surface area contributed by atoms with Crippen molar-refractivity contribution >= 4 is 11.6 Å². The predicted molar refractivity (Wildman–Crippen MR) is 80.8 cm³/mol. The molecule has 1 aromatic carbocycles. The lowest BCUT2D eigenvalue weighted by molar-refractivity contribution is 0.0573. The number of alkyl halides is 1. The van der Waals surface area contributed by atoms with Gasteiger partial charge in [-0.15, -0.1) is 11.6 Å². The summed E-state index contributed by atoms with van der Waals surface area (Å²) in [7, 11) is 1.82. The maximum atomic E-state index is 6.11. The summed E-state index contributed by atoms with van der Waals surface area (Å²) in [6.07, 6.45) is 6.20.